The Hall–Kier alpha value is -4.77. The number of methoxy groups -OCH3 is 1. The quantitative estimate of drug-likeness (QED) is 0.323. The fourth-order valence-electron chi connectivity index (χ4n) is 5.21. The maximum atomic E-state index is 13.6. The fourth-order valence-corrected chi connectivity index (χ4v) is 5.21. The Bertz CT molecular complexity index is 1680. The molecule has 1 fully saturated rings. The molecule has 0 saturated carbocycles. The molecule has 2 N–H and O–H groups in total. The largest absolute Gasteiger partial charge is 0.508 e. The highest BCUT2D eigenvalue weighted by atomic mass is 19.1. The van der Waals surface area contributed by atoms with Crippen molar-refractivity contribution in [1.82, 2.24) is 30.1 Å². The number of tetrazole rings is 1. The first-order valence-corrected chi connectivity index (χ1v) is 13.0. The molecule has 1 saturated heterocycles. The van der Waals surface area contributed by atoms with Crippen molar-refractivity contribution in [2.75, 3.05) is 38.2 Å². The second-order valence-corrected chi connectivity index (χ2v) is 9.77. The van der Waals surface area contributed by atoms with Gasteiger partial charge in [0.25, 0.3) is 5.56 Å². The number of hydrogen-bond donors (Lipinski definition) is 2. The third-order valence-corrected chi connectivity index (χ3v) is 7.32. The summed E-state index contributed by atoms with van der Waals surface area (Å²) in [5.41, 5.74) is 2.84. The summed E-state index contributed by atoms with van der Waals surface area (Å²) in [6.07, 6.45) is 0. The van der Waals surface area contributed by atoms with Crippen molar-refractivity contribution in [2.24, 2.45) is 0 Å². The lowest BCUT2D eigenvalue weighted by Crippen LogP contribution is -2.49. The van der Waals surface area contributed by atoms with Crippen LogP contribution in [0.25, 0.3) is 10.9 Å². The maximum Gasteiger partial charge on any atom is 0.253 e. The average molecular weight is 542 g/mol. The first kappa shape index (κ1) is 25.5. The van der Waals surface area contributed by atoms with Gasteiger partial charge in [-0.05, 0) is 76.0 Å². The molecule has 1 atom stereocenters. The van der Waals surface area contributed by atoms with E-state index in [0.29, 0.717) is 55.4 Å². The minimum Gasteiger partial charge on any atom is -0.508 e. The number of nitrogens with one attached hydrogen (secondary N) is 1. The molecule has 40 heavy (non-hydrogen) atoms. The number of phenolic OH excluding ortho intramolecular Hbond substituents is 1. The summed E-state index contributed by atoms with van der Waals surface area (Å²) in [4.78, 5) is 21.0. The molecule has 5 aromatic rings. The van der Waals surface area contributed by atoms with Crippen molar-refractivity contribution in [3.05, 3.63) is 106 Å². The number of fused-ring (bicyclic) bond motifs is 1. The summed E-state index contributed by atoms with van der Waals surface area (Å²) in [5, 5.41) is 23.1. The molecule has 10 nitrogen and oxygen atoms in total. The number of aromatic nitrogens is 5. The lowest BCUT2D eigenvalue weighted by atomic mass is 10.0. The van der Waals surface area contributed by atoms with E-state index in [1.165, 1.54) is 12.1 Å². The average Bonchev–Trinajstić information content (AvgIpc) is 3.42. The van der Waals surface area contributed by atoms with Gasteiger partial charge in [0, 0.05) is 43.5 Å². The van der Waals surface area contributed by atoms with Crippen LogP contribution in [0, 0.1) is 5.82 Å². The van der Waals surface area contributed by atoms with Crippen LogP contribution in [0.3, 0.4) is 0 Å². The van der Waals surface area contributed by atoms with E-state index in [9.17, 15) is 14.3 Å². The predicted molar refractivity (Wildman–Crippen MR) is 148 cm³/mol. The van der Waals surface area contributed by atoms with Crippen molar-refractivity contribution in [1.29, 1.82) is 0 Å². The topological polar surface area (TPSA) is 112 Å². The minimum absolute atomic E-state index is 0.226. The minimum atomic E-state index is -0.521. The van der Waals surface area contributed by atoms with Crippen molar-refractivity contribution >= 4 is 16.6 Å². The first-order chi connectivity index (χ1) is 19.5. The van der Waals surface area contributed by atoms with Gasteiger partial charge < -0.3 is 19.7 Å². The van der Waals surface area contributed by atoms with E-state index >= 15 is 0 Å². The van der Waals surface area contributed by atoms with Crippen LogP contribution in [0.15, 0.2) is 77.6 Å². The number of pyridine rings is 1. The number of ether oxygens (including phenoxy) is 1. The molecule has 6 rings (SSSR count). The van der Waals surface area contributed by atoms with Crippen LogP contribution in [-0.4, -0.2) is 68.5 Å². The molecule has 1 unspecified atom stereocenters. The summed E-state index contributed by atoms with van der Waals surface area (Å²) >= 11 is 0. The number of nitrogens with zero attached hydrogens (tertiary/aromatic N) is 6. The number of benzene rings is 3. The van der Waals surface area contributed by atoms with E-state index < -0.39 is 6.04 Å². The molecule has 11 heteroatoms. The zero-order valence-corrected chi connectivity index (χ0v) is 21.9. The molecule has 1 aliphatic rings. The monoisotopic (exact) mass is 541 g/mol. The van der Waals surface area contributed by atoms with Gasteiger partial charge in [-0.1, -0.05) is 12.1 Å². The second-order valence-electron chi connectivity index (χ2n) is 9.77. The van der Waals surface area contributed by atoms with Crippen molar-refractivity contribution < 1.29 is 14.2 Å². The number of anilines is 1. The lowest BCUT2D eigenvalue weighted by Gasteiger charge is -2.39. The molecule has 0 aliphatic carbocycles. The van der Waals surface area contributed by atoms with Crippen LogP contribution in [0.1, 0.15) is 23.0 Å². The van der Waals surface area contributed by atoms with Crippen molar-refractivity contribution in [3.8, 4) is 11.5 Å². The summed E-state index contributed by atoms with van der Waals surface area (Å²) in [7, 11) is 1.59. The second kappa shape index (κ2) is 10.8. The van der Waals surface area contributed by atoms with Crippen LogP contribution in [0.4, 0.5) is 10.1 Å². The summed E-state index contributed by atoms with van der Waals surface area (Å²) in [6, 6.07) is 20.3. The Labute approximate surface area is 229 Å². The molecule has 0 radical (unpaired) electrons. The van der Waals surface area contributed by atoms with Gasteiger partial charge in [0.2, 0.25) is 0 Å². The molecule has 0 bridgehead atoms. The Kier molecular flexibility index (Phi) is 6.87. The number of H-pyrrole nitrogens is 1. The van der Waals surface area contributed by atoms with Gasteiger partial charge in [-0.25, -0.2) is 9.07 Å². The fraction of sp³-hybridized carbons (Fsp3) is 0.241. The number of piperazine rings is 1. The SMILES string of the molecule is COc1ccc2cc(C(c3nnnn3Cc3ccc(F)cc3)N3CCN(c4ccc(O)cc4)CC3)c(=O)[nH]c2c1. The van der Waals surface area contributed by atoms with E-state index in [0.717, 1.165) is 16.6 Å². The van der Waals surface area contributed by atoms with E-state index in [4.69, 9.17) is 4.74 Å². The van der Waals surface area contributed by atoms with Gasteiger partial charge >= 0.3 is 0 Å². The van der Waals surface area contributed by atoms with Crippen molar-refractivity contribution in [3.63, 3.8) is 0 Å². The smallest absolute Gasteiger partial charge is 0.253 e. The molecular weight excluding hydrogens is 513 g/mol. The third kappa shape index (κ3) is 5.10. The van der Waals surface area contributed by atoms with Gasteiger partial charge in [-0.3, -0.25) is 9.69 Å². The van der Waals surface area contributed by atoms with E-state index in [1.807, 2.05) is 30.3 Å². The third-order valence-electron chi connectivity index (χ3n) is 7.32. The standard InChI is InChI=1S/C29H28FN7O3/c1-40-24-11-4-20-16-25(29(39)31-26(20)17-24)27(28-32-33-34-37(28)18-19-2-5-21(30)6-3-19)36-14-12-35(13-15-36)22-7-9-23(38)10-8-22/h2-11,16-17,27,38H,12-15,18H2,1H3,(H,31,39). The summed E-state index contributed by atoms with van der Waals surface area (Å²) in [6.45, 7) is 3.05. The van der Waals surface area contributed by atoms with Gasteiger partial charge in [0.05, 0.1) is 19.2 Å². The van der Waals surface area contributed by atoms with Crippen LogP contribution < -0.4 is 15.2 Å². The predicted octanol–water partition coefficient (Wildman–Crippen LogP) is 3.33. The zero-order chi connectivity index (χ0) is 27.6. The molecule has 204 valence electrons. The number of hydrogen-bond acceptors (Lipinski definition) is 8. The number of phenols is 1. The van der Waals surface area contributed by atoms with Gasteiger partial charge in [-0.15, -0.1) is 5.10 Å². The van der Waals surface area contributed by atoms with E-state index in [-0.39, 0.29) is 17.1 Å². The van der Waals surface area contributed by atoms with Crippen LogP contribution in [-0.2, 0) is 6.54 Å². The Morgan fingerprint density at radius 3 is 2.48 bits per heavy atom. The molecule has 3 heterocycles. The van der Waals surface area contributed by atoms with Crippen LogP contribution >= 0.6 is 0 Å². The highest BCUT2D eigenvalue weighted by molar-refractivity contribution is 5.80. The van der Waals surface area contributed by atoms with E-state index in [2.05, 4.69) is 30.3 Å². The Morgan fingerprint density at radius 1 is 1.00 bits per heavy atom. The highest BCUT2D eigenvalue weighted by Gasteiger charge is 2.33. The van der Waals surface area contributed by atoms with Gasteiger partial charge in [0.1, 0.15) is 23.4 Å². The Balaban J connectivity index is 1.37. The van der Waals surface area contributed by atoms with E-state index in [1.54, 1.807) is 42.1 Å². The zero-order valence-electron chi connectivity index (χ0n) is 21.9. The summed E-state index contributed by atoms with van der Waals surface area (Å²) < 4.78 is 20.5. The Morgan fingerprint density at radius 2 is 1.75 bits per heavy atom. The normalized spacial score (nSPS) is 14.9. The molecular formula is C29H28FN7O3. The summed E-state index contributed by atoms with van der Waals surface area (Å²) in [5.74, 6) is 1.09. The van der Waals surface area contributed by atoms with Gasteiger partial charge in [0.15, 0.2) is 5.82 Å². The number of rotatable bonds is 7. The molecule has 0 amide bonds. The number of halogens is 1. The molecule has 1 aliphatic heterocycles. The van der Waals surface area contributed by atoms with Crippen LogP contribution in [0.5, 0.6) is 11.5 Å². The van der Waals surface area contributed by atoms with Gasteiger partial charge in [-0.2, -0.15) is 0 Å². The first-order valence-electron chi connectivity index (χ1n) is 13.0. The molecule has 2 aromatic heterocycles. The maximum absolute atomic E-state index is 13.6. The lowest BCUT2D eigenvalue weighted by molar-refractivity contribution is 0.200. The highest BCUT2D eigenvalue weighted by Crippen LogP contribution is 2.30. The number of aromatic amines is 1. The van der Waals surface area contributed by atoms with Crippen molar-refractivity contribution in [2.45, 2.75) is 12.6 Å². The number of aromatic hydroxyl groups is 1. The molecule has 0 spiro atoms. The molecule has 3 aromatic carbocycles. The van der Waals surface area contributed by atoms with Crippen LogP contribution in [0.2, 0.25) is 0 Å².